The summed E-state index contributed by atoms with van der Waals surface area (Å²) < 4.78 is 0. The number of amides is 1. The van der Waals surface area contributed by atoms with Gasteiger partial charge in [-0.3, -0.25) is 9.63 Å². The van der Waals surface area contributed by atoms with Gasteiger partial charge in [0.2, 0.25) is 0 Å². The Labute approximate surface area is 88.0 Å². The third-order valence-corrected chi connectivity index (χ3v) is 3.03. The number of hydrogen-bond acceptors (Lipinski definition) is 3. The van der Waals surface area contributed by atoms with Crippen molar-refractivity contribution in [2.45, 2.75) is 27.2 Å². The van der Waals surface area contributed by atoms with Crippen molar-refractivity contribution in [2.24, 2.45) is 0 Å². The summed E-state index contributed by atoms with van der Waals surface area (Å²) in [7, 11) is 0. The van der Waals surface area contributed by atoms with E-state index in [1.165, 1.54) is 21.8 Å². The lowest BCUT2D eigenvalue weighted by atomic mass is 10.2. The molecule has 1 aromatic rings. The van der Waals surface area contributed by atoms with Crippen molar-refractivity contribution in [3.63, 3.8) is 0 Å². The van der Waals surface area contributed by atoms with E-state index in [2.05, 4.69) is 12.4 Å². The van der Waals surface area contributed by atoms with E-state index in [0.29, 0.717) is 11.5 Å². The van der Waals surface area contributed by atoms with E-state index in [4.69, 9.17) is 4.84 Å². The highest BCUT2D eigenvalue weighted by Crippen LogP contribution is 2.21. The maximum atomic E-state index is 11.5. The van der Waals surface area contributed by atoms with Gasteiger partial charge in [0.05, 0.1) is 11.5 Å². The first-order valence-corrected chi connectivity index (χ1v) is 5.52. The summed E-state index contributed by atoms with van der Waals surface area (Å²) in [4.78, 5) is 18.2. The van der Waals surface area contributed by atoms with E-state index in [-0.39, 0.29) is 5.91 Å². The van der Waals surface area contributed by atoms with E-state index in [1.54, 1.807) is 0 Å². The fraction of sp³-hybridized carbons (Fsp3) is 0.500. The van der Waals surface area contributed by atoms with Crippen LogP contribution >= 0.6 is 11.3 Å². The van der Waals surface area contributed by atoms with Gasteiger partial charge in [0.25, 0.3) is 5.91 Å². The summed E-state index contributed by atoms with van der Waals surface area (Å²) in [5.41, 5.74) is 3.62. The monoisotopic (exact) mass is 213 g/mol. The van der Waals surface area contributed by atoms with Gasteiger partial charge in [-0.15, -0.1) is 11.3 Å². The van der Waals surface area contributed by atoms with E-state index in [0.717, 1.165) is 6.42 Å². The normalized spacial score (nSPS) is 10.2. The van der Waals surface area contributed by atoms with Crippen LogP contribution in [0.2, 0.25) is 0 Å². The molecule has 0 spiro atoms. The van der Waals surface area contributed by atoms with Crippen LogP contribution in [0.25, 0.3) is 0 Å². The van der Waals surface area contributed by atoms with E-state index >= 15 is 0 Å². The molecule has 4 heteroatoms. The molecule has 1 amide bonds. The summed E-state index contributed by atoms with van der Waals surface area (Å²) in [6.07, 6.45) is 0.963. The first kappa shape index (κ1) is 11.2. The van der Waals surface area contributed by atoms with Crippen molar-refractivity contribution in [3.8, 4) is 0 Å². The second kappa shape index (κ2) is 5.12. The quantitative estimate of drug-likeness (QED) is 0.779. The maximum absolute atomic E-state index is 11.5. The van der Waals surface area contributed by atoms with E-state index in [9.17, 15) is 4.79 Å². The third-order valence-electron chi connectivity index (χ3n) is 1.93. The molecule has 0 aliphatic rings. The summed E-state index contributed by atoms with van der Waals surface area (Å²) in [5.74, 6) is -0.153. The van der Waals surface area contributed by atoms with Crippen molar-refractivity contribution in [3.05, 3.63) is 21.4 Å². The third kappa shape index (κ3) is 2.56. The van der Waals surface area contributed by atoms with Crippen molar-refractivity contribution in [1.29, 1.82) is 0 Å². The summed E-state index contributed by atoms with van der Waals surface area (Å²) in [6, 6.07) is 1.92. The van der Waals surface area contributed by atoms with Gasteiger partial charge in [-0.25, -0.2) is 5.48 Å². The van der Waals surface area contributed by atoms with Crippen LogP contribution in [-0.2, 0) is 11.3 Å². The number of rotatable bonds is 4. The molecule has 1 heterocycles. The van der Waals surface area contributed by atoms with Crippen LogP contribution in [0, 0.1) is 6.92 Å². The second-order valence-corrected chi connectivity index (χ2v) is 4.17. The predicted molar refractivity (Wildman–Crippen MR) is 57.5 cm³/mol. The minimum atomic E-state index is -0.153. The molecule has 0 aliphatic heterocycles. The molecule has 0 aromatic carbocycles. The van der Waals surface area contributed by atoms with Gasteiger partial charge in [-0.2, -0.15) is 0 Å². The largest absolute Gasteiger partial charge is 0.284 e. The first-order chi connectivity index (χ1) is 6.69. The molecule has 1 aromatic heterocycles. The van der Waals surface area contributed by atoms with Crippen molar-refractivity contribution in [1.82, 2.24) is 5.48 Å². The first-order valence-electron chi connectivity index (χ1n) is 4.70. The van der Waals surface area contributed by atoms with Crippen LogP contribution in [0.15, 0.2) is 6.07 Å². The Morgan fingerprint density at radius 3 is 2.79 bits per heavy atom. The van der Waals surface area contributed by atoms with Gasteiger partial charge in [-0.05, 0) is 31.9 Å². The van der Waals surface area contributed by atoms with Crippen LogP contribution < -0.4 is 5.48 Å². The fourth-order valence-electron chi connectivity index (χ4n) is 1.17. The van der Waals surface area contributed by atoms with Gasteiger partial charge in [0.1, 0.15) is 0 Å². The number of thiophene rings is 1. The summed E-state index contributed by atoms with van der Waals surface area (Å²) in [5, 5.41) is 0. The van der Waals surface area contributed by atoms with Gasteiger partial charge < -0.3 is 0 Å². The minimum Gasteiger partial charge on any atom is -0.274 e. The Balaban J connectivity index is 2.70. The molecule has 0 bridgehead atoms. The van der Waals surface area contributed by atoms with Crippen molar-refractivity contribution >= 4 is 17.2 Å². The lowest BCUT2D eigenvalue weighted by molar-refractivity contribution is 0.0368. The molecule has 0 radical (unpaired) electrons. The Morgan fingerprint density at radius 2 is 2.29 bits per heavy atom. The number of hydroxylamine groups is 1. The van der Waals surface area contributed by atoms with Crippen LogP contribution in [0.3, 0.4) is 0 Å². The van der Waals surface area contributed by atoms with Crippen LogP contribution in [-0.4, -0.2) is 12.5 Å². The Morgan fingerprint density at radius 1 is 1.57 bits per heavy atom. The molecular formula is C10H15NO2S. The van der Waals surface area contributed by atoms with Crippen LogP contribution in [0.5, 0.6) is 0 Å². The average Bonchev–Trinajstić information content (AvgIpc) is 2.56. The lowest BCUT2D eigenvalue weighted by Gasteiger charge is -1.99. The molecule has 0 fully saturated rings. The molecule has 1 rings (SSSR count). The van der Waals surface area contributed by atoms with Gasteiger partial charge >= 0.3 is 0 Å². The number of carbonyl (C=O) groups excluding carboxylic acids is 1. The average molecular weight is 213 g/mol. The van der Waals surface area contributed by atoms with Crippen molar-refractivity contribution in [2.75, 3.05) is 6.61 Å². The molecule has 3 nitrogen and oxygen atoms in total. The number of aryl methyl sites for hydroxylation is 2. The molecule has 0 unspecified atom stereocenters. The highest BCUT2D eigenvalue weighted by atomic mass is 32.1. The molecule has 0 aliphatic carbocycles. The van der Waals surface area contributed by atoms with Crippen LogP contribution in [0.1, 0.15) is 34.0 Å². The zero-order valence-electron chi connectivity index (χ0n) is 8.72. The molecule has 0 saturated heterocycles. The zero-order valence-corrected chi connectivity index (χ0v) is 9.53. The number of hydrogen-bond donors (Lipinski definition) is 1. The molecule has 78 valence electrons. The lowest BCUT2D eigenvalue weighted by Crippen LogP contribution is -2.22. The minimum absolute atomic E-state index is 0.153. The van der Waals surface area contributed by atoms with E-state index < -0.39 is 0 Å². The SMILES string of the molecule is CCONC(=O)c1cc(CC)c(C)s1. The smallest absolute Gasteiger partial charge is 0.274 e. The standard InChI is InChI=1S/C10H15NO2S/c1-4-8-6-9(14-7(8)3)10(12)11-13-5-2/h6H,4-5H2,1-3H3,(H,11,12). The Hall–Kier alpha value is -0.870. The Kier molecular flexibility index (Phi) is 4.10. The molecule has 1 N–H and O–H groups in total. The number of nitrogens with one attached hydrogen (secondary N) is 1. The zero-order chi connectivity index (χ0) is 10.6. The van der Waals surface area contributed by atoms with Gasteiger partial charge in [-0.1, -0.05) is 6.92 Å². The van der Waals surface area contributed by atoms with Gasteiger partial charge in [0.15, 0.2) is 0 Å². The van der Waals surface area contributed by atoms with E-state index in [1.807, 2.05) is 19.9 Å². The van der Waals surface area contributed by atoms with Crippen LogP contribution in [0.4, 0.5) is 0 Å². The highest BCUT2D eigenvalue weighted by molar-refractivity contribution is 7.14. The summed E-state index contributed by atoms with van der Waals surface area (Å²) >= 11 is 1.51. The molecule has 14 heavy (non-hydrogen) atoms. The molecule has 0 atom stereocenters. The fourth-order valence-corrected chi connectivity index (χ4v) is 2.17. The highest BCUT2D eigenvalue weighted by Gasteiger charge is 2.10. The van der Waals surface area contributed by atoms with Crippen molar-refractivity contribution < 1.29 is 9.63 Å². The second-order valence-electron chi connectivity index (χ2n) is 2.91. The number of carbonyl (C=O) groups is 1. The molecular weight excluding hydrogens is 198 g/mol. The maximum Gasteiger partial charge on any atom is 0.284 e. The molecule has 0 saturated carbocycles. The Bertz CT molecular complexity index is 320. The predicted octanol–water partition coefficient (Wildman–Crippen LogP) is 2.30. The topological polar surface area (TPSA) is 38.3 Å². The summed E-state index contributed by atoms with van der Waals surface area (Å²) in [6.45, 7) is 6.42. The van der Waals surface area contributed by atoms with Gasteiger partial charge in [0, 0.05) is 4.88 Å².